The Bertz CT molecular complexity index is 475. The Hall–Kier alpha value is -1.06. The molecule has 1 aromatic carbocycles. The average molecular weight is 292 g/mol. The molecular formula is C16H22ClN3. The summed E-state index contributed by atoms with van der Waals surface area (Å²) < 4.78 is 0. The van der Waals surface area contributed by atoms with Crippen molar-refractivity contribution in [3.8, 4) is 0 Å². The number of amidine groups is 1. The minimum atomic E-state index is 0.114. The van der Waals surface area contributed by atoms with Crippen LogP contribution in [0.4, 0.5) is 0 Å². The van der Waals surface area contributed by atoms with Gasteiger partial charge in [0.2, 0.25) is 0 Å². The van der Waals surface area contributed by atoms with Crippen LogP contribution < -0.4 is 10.6 Å². The molecule has 0 aromatic heterocycles. The van der Waals surface area contributed by atoms with Crippen molar-refractivity contribution < 1.29 is 0 Å². The zero-order valence-corrected chi connectivity index (χ0v) is 12.5. The molecule has 0 saturated heterocycles. The van der Waals surface area contributed by atoms with Crippen LogP contribution in [0.1, 0.15) is 37.7 Å². The first kappa shape index (κ1) is 13.9. The monoisotopic (exact) mass is 291 g/mol. The molecule has 2 N–H and O–H groups in total. The predicted octanol–water partition coefficient (Wildman–Crippen LogP) is 3.13. The lowest BCUT2D eigenvalue weighted by molar-refractivity contribution is 0.298. The molecule has 1 heterocycles. The van der Waals surface area contributed by atoms with E-state index in [9.17, 15) is 0 Å². The highest BCUT2D eigenvalue weighted by molar-refractivity contribution is 6.30. The molecule has 1 spiro atoms. The summed E-state index contributed by atoms with van der Waals surface area (Å²) in [5, 5.41) is 8.06. The van der Waals surface area contributed by atoms with E-state index in [1.54, 1.807) is 0 Å². The van der Waals surface area contributed by atoms with Crippen molar-refractivity contribution in [3.05, 3.63) is 34.9 Å². The molecule has 1 aliphatic carbocycles. The molecule has 1 aliphatic heterocycles. The van der Waals surface area contributed by atoms with Gasteiger partial charge in [-0.2, -0.15) is 0 Å². The Labute approximate surface area is 125 Å². The van der Waals surface area contributed by atoms with Crippen molar-refractivity contribution in [3.63, 3.8) is 0 Å². The van der Waals surface area contributed by atoms with Crippen LogP contribution in [0.25, 0.3) is 0 Å². The van der Waals surface area contributed by atoms with Gasteiger partial charge in [0.05, 0.1) is 12.1 Å². The second-order valence-corrected chi connectivity index (χ2v) is 6.22. The van der Waals surface area contributed by atoms with Crippen LogP contribution in [0.3, 0.4) is 0 Å². The van der Waals surface area contributed by atoms with Crippen molar-refractivity contribution in [2.24, 2.45) is 4.99 Å². The molecule has 3 rings (SSSR count). The summed E-state index contributed by atoms with van der Waals surface area (Å²) in [6, 6.07) is 8.02. The minimum absolute atomic E-state index is 0.114. The Morgan fingerprint density at radius 2 is 1.90 bits per heavy atom. The van der Waals surface area contributed by atoms with E-state index in [4.69, 9.17) is 16.6 Å². The standard InChI is InChI=1S/C16H22ClN3/c17-14-6-4-13(5-7-14)12-19-15-16(20-11-10-18-15)8-2-1-3-9-16/h4-7,20H,1-3,8-12H2,(H,18,19). The fraction of sp³-hybridized carbons (Fsp3) is 0.562. The molecule has 1 saturated carbocycles. The molecule has 0 atom stereocenters. The van der Waals surface area contributed by atoms with Crippen LogP contribution in [0.15, 0.2) is 29.3 Å². The van der Waals surface area contributed by atoms with Crippen molar-refractivity contribution in [2.45, 2.75) is 44.2 Å². The van der Waals surface area contributed by atoms with Gasteiger partial charge in [-0.05, 0) is 30.5 Å². The highest BCUT2D eigenvalue weighted by Gasteiger charge is 2.38. The lowest BCUT2D eigenvalue weighted by Gasteiger charge is -2.41. The molecule has 0 unspecified atom stereocenters. The van der Waals surface area contributed by atoms with Gasteiger partial charge < -0.3 is 10.6 Å². The summed E-state index contributed by atoms with van der Waals surface area (Å²) in [5.74, 6) is 1.17. The summed E-state index contributed by atoms with van der Waals surface area (Å²) in [7, 11) is 0. The second kappa shape index (κ2) is 6.15. The Morgan fingerprint density at radius 3 is 2.65 bits per heavy atom. The van der Waals surface area contributed by atoms with E-state index in [1.165, 1.54) is 43.5 Å². The molecule has 0 radical (unpaired) electrons. The first-order valence-corrected chi connectivity index (χ1v) is 7.95. The van der Waals surface area contributed by atoms with E-state index in [2.05, 4.69) is 22.8 Å². The molecule has 3 nitrogen and oxygen atoms in total. The molecule has 20 heavy (non-hydrogen) atoms. The molecule has 0 amide bonds. The fourth-order valence-corrected chi connectivity index (χ4v) is 3.41. The van der Waals surface area contributed by atoms with Crippen LogP contribution in [0, 0.1) is 0 Å². The maximum absolute atomic E-state index is 5.92. The number of nitrogens with one attached hydrogen (secondary N) is 2. The number of nitrogens with zero attached hydrogens (tertiary/aromatic N) is 1. The lowest BCUT2D eigenvalue weighted by Crippen LogP contribution is -2.60. The minimum Gasteiger partial charge on any atom is -0.368 e. The summed E-state index contributed by atoms with van der Waals surface area (Å²) in [4.78, 5) is 4.76. The molecular weight excluding hydrogens is 270 g/mol. The molecule has 4 heteroatoms. The van der Waals surface area contributed by atoms with Crippen LogP contribution in [-0.4, -0.2) is 24.5 Å². The maximum atomic E-state index is 5.92. The summed E-state index contributed by atoms with van der Waals surface area (Å²) in [6.07, 6.45) is 6.37. The zero-order valence-electron chi connectivity index (χ0n) is 11.8. The van der Waals surface area contributed by atoms with Gasteiger partial charge in [0.15, 0.2) is 0 Å². The Kier molecular flexibility index (Phi) is 4.27. The fourth-order valence-electron chi connectivity index (χ4n) is 3.28. The SMILES string of the molecule is Clc1ccc(CNC2=NCCNC23CCCCC3)cc1. The van der Waals surface area contributed by atoms with E-state index in [-0.39, 0.29) is 5.54 Å². The van der Waals surface area contributed by atoms with E-state index in [1.807, 2.05) is 12.1 Å². The van der Waals surface area contributed by atoms with Crippen LogP contribution in [-0.2, 0) is 6.54 Å². The zero-order chi connectivity index (χ0) is 13.8. The van der Waals surface area contributed by atoms with Gasteiger partial charge in [-0.15, -0.1) is 0 Å². The van der Waals surface area contributed by atoms with Crippen molar-refractivity contribution in [1.29, 1.82) is 0 Å². The highest BCUT2D eigenvalue weighted by Crippen LogP contribution is 2.30. The first-order chi connectivity index (χ1) is 9.78. The number of aliphatic imine (C=N–C) groups is 1. The maximum Gasteiger partial charge on any atom is 0.117 e. The lowest BCUT2D eigenvalue weighted by atomic mass is 9.79. The summed E-state index contributed by atoms with van der Waals surface area (Å²) in [5.41, 5.74) is 1.36. The van der Waals surface area contributed by atoms with Gasteiger partial charge in [-0.3, -0.25) is 4.99 Å². The van der Waals surface area contributed by atoms with Gasteiger partial charge in [0, 0.05) is 18.1 Å². The van der Waals surface area contributed by atoms with Crippen molar-refractivity contribution in [1.82, 2.24) is 10.6 Å². The highest BCUT2D eigenvalue weighted by atomic mass is 35.5. The largest absolute Gasteiger partial charge is 0.368 e. The normalized spacial score (nSPS) is 21.6. The van der Waals surface area contributed by atoms with Gasteiger partial charge in [0.1, 0.15) is 5.84 Å². The van der Waals surface area contributed by atoms with Gasteiger partial charge >= 0.3 is 0 Å². The van der Waals surface area contributed by atoms with Crippen LogP contribution in [0.2, 0.25) is 5.02 Å². The second-order valence-electron chi connectivity index (χ2n) is 5.78. The Balaban J connectivity index is 1.68. The number of hydrogen-bond acceptors (Lipinski definition) is 3. The number of benzene rings is 1. The van der Waals surface area contributed by atoms with E-state index in [0.717, 1.165) is 24.7 Å². The van der Waals surface area contributed by atoms with Gasteiger partial charge in [0.25, 0.3) is 0 Å². The number of halogens is 1. The van der Waals surface area contributed by atoms with Crippen molar-refractivity contribution >= 4 is 17.4 Å². The first-order valence-electron chi connectivity index (χ1n) is 7.57. The van der Waals surface area contributed by atoms with Gasteiger partial charge in [-0.25, -0.2) is 0 Å². The summed E-state index contributed by atoms with van der Waals surface area (Å²) >= 11 is 5.92. The molecule has 0 bridgehead atoms. The topological polar surface area (TPSA) is 36.4 Å². The van der Waals surface area contributed by atoms with Crippen molar-refractivity contribution in [2.75, 3.05) is 13.1 Å². The predicted molar refractivity (Wildman–Crippen MR) is 84.4 cm³/mol. The van der Waals surface area contributed by atoms with E-state index < -0.39 is 0 Å². The third-order valence-corrected chi connectivity index (χ3v) is 4.63. The molecule has 2 aliphatic rings. The smallest absolute Gasteiger partial charge is 0.117 e. The molecule has 108 valence electrons. The molecule has 1 aromatic rings. The van der Waals surface area contributed by atoms with E-state index >= 15 is 0 Å². The average Bonchev–Trinajstić information content (AvgIpc) is 2.49. The summed E-state index contributed by atoms with van der Waals surface area (Å²) in [6.45, 7) is 2.70. The molecule has 1 fully saturated rings. The van der Waals surface area contributed by atoms with Crippen LogP contribution >= 0.6 is 11.6 Å². The van der Waals surface area contributed by atoms with Gasteiger partial charge in [-0.1, -0.05) is 43.0 Å². The van der Waals surface area contributed by atoms with E-state index in [0.29, 0.717) is 0 Å². The third-order valence-electron chi connectivity index (χ3n) is 4.38. The number of hydrogen-bond donors (Lipinski definition) is 2. The number of rotatable bonds is 2. The van der Waals surface area contributed by atoms with Crippen LogP contribution in [0.5, 0.6) is 0 Å². The Morgan fingerprint density at radius 1 is 1.15 bits per heavy atom. The third kappa shape index (κ3) is 2.99. The quantitative estimate of drug-likeness (QED) is 0.878.